The molecule has 1 fully saturated rings. The zero-order valence-electron chi connectivity index (χ0n) is 26.3. The molecule has 0 saturated carbocycles. The molecule has 0 bridgehead atoms. The molecular weight excluding hydrogens is 548 g/mol. The molecule has 1 saturated heterocycles. The van der Waals surface area contributed by atoms with E-state index in [0.717, 1.165) is 28.0 Å². The van der Waals surface area contributed by atoms with Crippen LogP contribution in [0.3, 0.4) is 0 Å². The molecule has 0 spiro atoms. The molecule has 234 valence electrons. The van der Waals surface area contributed by atoms with Crippen LogP contribution in [0.2, 0.25) is 0 Å². The molecule has 43 heavy (non-hydrogen) atoms. The lowest BCUT2D eigenvalue weighted by Crippen LogP contribution is -2.72. The standard InChI is InChI=1S/C33H46N4O6/c1-7-13-27(26-18-16-24(4)17-19-26)34-31(40)37-29(39)33(8-2,9-3)30(37)42-23-28(38)35(5)20-21-36(6)32(41)43-22-25-14-11-10-12-15-25/h10-12,14-19,27,30H,7-9,13,20-23H2,1-6H3,(H,34,40)/t27-,30+/m1/s1. The van der Waals surface area contributed by atoms with E-state index in [9.17, 15) is 19.2 Å². The summed E-state index contributed by atoms with van der Waals surface area (Å²) in [5.41, 5.74) is 2.10. The number of ether oxygens (including phenoxy) is 2. The summed E-state index contributed by atoms with van der Waals surface area (Å²) >= 11 is 0. The van der Waals surface area contributed by atoms with Crippen molar-refractivity contribution >= 4 is 23.9 Å². The Bertz CT molecular complexity index is 1230. The first-order valence-electron chi connectivity index (χ1n) is 15.1. The summed E-state index contributed by atoms with van der Waals surface area (Å²) in [5, 5.41) is 3.02. The van der Waals surface area contributed by atoms with Crippen LogP contribution in [0.1, 0.15) is 69.2 Å². The average Bonchev–Trinajstić information content (AvgIpc) is 3.01. The van der Waals surface area contributed by atoms with Crippen molar-refractivity contribution in [2.75, 3.05) is 33.8 Å². The van der Waals surface area contributed by atoms with Crippen LogP contribution < -0.4 is 5.32 Å². The van der Waals surface area contributed by atoms with Gasteiger partial charge in [0.25, 0.3) is 0 Å². The number of benzene rings is 2. The van der Waals surface area contributed by atoms with Crippen LogP contribution >= 0.6 is 0 Å². The van der Waals surface area contributed by atoms with Gasteiger partial charge in [-0.25, -0.2) is 14.5 Å². The Kier molecular flexibility index (Phi) is 12.1. The van der Waals surface area contributed by atoms with Crippen molar-refractivity contribution in [3.63, 3.8) is 0 Å². The van der Waals surface area contributed by atoms with E-state index in [1.54, 1.807) is 14.1 Å². The van der Waals surface area contributed by atoms with E-state index in [4.69, 9.17) is 9.47 Å². The number of hydrogen-bond donors (Lipinski definition) is 1. The van der Waals surface area contributed by atoms with Gasteiger partial charge >= 0.3 is 12.1 Å². The molecule has 3 rings (SSSR count). The normalized spacial score (nSPS) is 16.2. The second kappa shape index (κ2) is 15.5. The van der Waals surface area contributed by atoms with Gasteiger partial charge < -0.3 is 24.6 Å². The Morgan fingerprint density at radius 2 is 1.58 bits per heavy atom. The van der Waals surface area contributed by atoms with Gasteiger partial charge in [-0.3, -0.25) is 9.59 Å². The number of aryl methyl sites for hydroxylation is 1. The predicted octanol–water partition coefficient (Wildman–Crippen LogP) is 5.26. The number of carbonyl (C=O) groups excluding carboxylic acids is 4. The average molecular weight is 595 g/mol. The van der Waals surface area contributed by atoms with Crippen LogP contribution in [0, 0.1) is 12.3 Å². The van der Waals surface area contributed by atoms with E-state index in [1.165, 1.54) is 9.80 Å². The fourth-order valence-electron chi connectivity index (χ4n) is 5.20. The largest absolute Gasteiger partial charge is 0.445 e. The van der Waals surface area contributed by atoms with Gasteiger partial charge in [0.1, 0.15) is 13.2 Å². The minimum absolute atomic E-state index is 0.164. The van der Waals surface area contributed by atoms with Gasteiger partial charge in [0.05, 0.1) is 11.5 Å². The number of β-lactam (4-membered cyclic amide) rings is 1. The van der Waals surface area contributed by atoms with E-state index in [0.29, 0.717) is 19.3 Å². The van der Waals surface area contributed by atoms with E-state index in [1.807, 2.05) is 82.3 Å². The van der Waals surface area contributed by atoms with Gasteiger partial charge in [-0.1, -0.05) is 87.4 Å². The number of likely N-dealkylation sites (N-methyl/N-ethyl adjacent to an activating group) is 2. The SMILES string of the molecule is CCC[C@@H](NC(=O)N1C(=O)C(CC)(CC)[C@@H]1OCC(=O)N(C)CCN(C)C(=O)OCc1ccccc1)c1ccc(C)cc1. The lowest BCUT2D eigenvalue weighted by molar-refractivity contribution is -0.211. The van der Waals surface area contributed by atoms with Crippen molar-refractivity contribution in [2.24, 2.45) is 5.41 Å². The highest BCUT2D eigenvalue weighted by molar-refractivity contribution is 6.03. The van der Waals surface area contributed by atoms with Crippen LogP contribution in [0.4, 0.5) is 9.59 Å². The summed E-state index contributed by atoms with van der Waals surface area (Å²) in [4.78, 5) is 56.0. The van der Waals surface area contributed by atoms with Crippen molar-refractivity contribution < 1.29 is 28.7 Å². The third kappa shape index (κ3) is 8.13. The van der Waals surface area contributed by atoms with Crippen molar-refractivity contribution in [1.29, 1.82) is 0 Å². The maximum atomic E-state index is 13.4. The van der Waals surface area contributed by atoms with Crippen LogP contribution in [0.25, 0.3) is 0 Å². The first-order valence-corrected chi connectivity index (χ1v) is 15.1. The Morgan fingerprint density at radius 3 is 2.19 bits per heavy atom. The zero-order chi connectivity index (χ0) is 31.6. The summed E-state index contributed by atoms with van der Waals surface area (Å²) in [6.45, 7) is 8.20. The quantitative estimate of drug-likeness (QED) is 0.299. The summed E-state index contributed by atoms with van der Waals surface area (Å²) in [6.07, 6.45) is 1.18. The summed E-state index contributed by atoms with van der Waals surface area (Å²) in [6, 6.07) is 16.6. The van der Waals surface area contributed by atoms with E-state index in [-0.39, 0.29) is 44.2 Å². The van der Waals surface area contributed by atoms with E-state index < -0.39 is 23.8 Å². The molecule has 10 nitrogen and oxygen atoms in total. The highest BCUT2D eigenvalue weighted by Crippen LogP contribution is 2.46. The molecule has 5 amide bonds. The van der Waals surface area contributed by atoms with E-state index in [2.05, 4.69) is 5.32 Å². The number of amides is 5. The minimum atomic E-state index is -0.872. The smallest absolute Gasteiger partial charge is 0.409 e. The number of urea groups is 1. The third-order valence-electron chi connectivity index (χ3n) is 8.27. The third-order valence-corrected chi connectivity index (χ3v) is 8.27. The molecule has 0 radical (unpaired) electrons. The maximum absolute atomic E-state index is 13.4. The minimum Gasteiger partial charge on any atom is -0.445 e. The lowest BCUT2D eigenvalue weighted by Gasteiger charge is -2.53. The van der Waals surface area contributed by atoms with Crippen molar-refractivity contribution in [2.45, 2.75) is 72.3 Å². The molecule has 1 aliphatic heterocycles. The number of hydrogen-bond acceptors (Lipinski definition) is 6. The van der Waals surface area contributed by atoms with Gasteiger partial charge in [-0.15, -0.1) is 0 Å². The Morgan fingerprint density at radius 1 is 0.953 bits per heavy atom. The molecule has 10 heteroatoms. The summed E-state index contributed by atoms with van der Waals surface area (Å²) < 4.78 is 11.4. The molecule has 1 aliphatic rings. The van der Waals surface area contributed by atoms with Crippen molar-refractivity contribution in [3.05, 3.63) is 71.3 Å². The fourth-order valence-corrected chi connectivity index (χ4v) is 5.20. The number of carbonyl (C=O) groups is 4. The Balaban J connectivity index is 1.57. The first-order chi connectivity index (χ1) is 20.6. The second-order valence-electron chi connectivity index (χ2n) is 11.2. The highest BCUT2D eigenvalue weighted by Gasteiger charge is 2.62. The molecule has 0 unspecified atom stereocenters. The van der Waals surface area contributed by atoms with Crippen LogP contribution in [-0.4, -0.2) is 78.7 Å². The Hall–Kier alpha value is -3.92. The van der Waals surface area contributed by atoms with Gasteiger partial charge in [0.2, 0.25) is 11.8 Å². The lowest BCUT2D eigenvalue weighted by atomic mass is 9.72. The predicted molar refractivity (Wildman–Crippen MR) is 164 cm³/mol. The molecule has 0 aromatic heterocycles. The van der Waals surface area contributed by atoms with Gasteiger partial charge in [-0.05, 0) is 37.3 Å². The molecular formula is C33H46N4O6. The molecule has 2 atom stereocenters. The van der Waals surface area contributed by atoms with Crippen molar-refractivity contribution in [1.82, 2.24) is 20.0 Å². The number of nitrogens with zero attached hydrogens (tertiary/aromatic N) is 3. The summed E-state index contributed by atoms with van der Waals surface area (Å²) in [7, 11) is 3.23. The second-order valence-corrected chi connectivity index (χ2v) is 11.2. The highest BCUT2D eigenvalue weighted by atomic mass is 16.6. The van der Waals surface area contributed by atoms with Crippen LogP contribution in [0.15, 0.2) is 54.6 Å². The number of nitrogens with one attached hydrogen (secondary N) is 1. The molecule has 1 N–H and O–H groups in total. The first kappa shape index (κ1) is 33.6. The molecule has 2 aromatic rings. The van der Waals surface area contributed by atoms with Gasteiger partial charge in [-0.2, -0.15) is 0 Å². The fraction of sp³-hybridized carbons (Fsp3) is 0.515. The molecule has 0 aliphatic carbocycles. The molecule has 1 heterocycles. The topological polar surface area (TPSA) is 108 Å². The van der Waals surface area contributed by atoms with Crippen LogP contribution in [-0.2, 0) is 25.7 Å². The maximum Gasteiger partial charge on any atom is 0.409 e. The van der Waals surface area contributed by atoms with Gasteiger partial charge in [0.15, 0.2) is 6.23 Å². The zero-order valence-corrected chi connectivity index (χ0v) is 26.3. The monoisotopic (exact) mass is 594 g/mol. The van der Waals surface area contributed by atoms with Gasteiger partial charge in [0, 0.05) is 27.2 Å². The summed E-state index contributed by atoms with van der Waals surface area (Å²) in [5.74, 6) is -0.619. The van der Waals surface area contributed by atoms with Crippen LogP contribution in [0.5, 0.6) is 0 Å². The number of imide groups is 1. The van der Waals surface area contributed by atoms with Crippen molar-refractivity contribution in [3.8, 4) is 0 Å². The Labute approximate surface area is 255 Å². The number of rotatable bonds is 14. The van der Waals surface area contributed by atoms with E-state index >= 15 is 0 Å². The molecule has 2 aromatic carbocycles. The number of likely N-dealkylation sites (tertiary alicyclic amines) is 1.